The molecule has 2 aromatic heterocycles. The first kappa shape index (κ1) is 15.2. The first-order valence-electron chi connectivity index (χ1n) is 5.79. The number of alkyl halides is 3. The van der Waals surface area contributed by atoms with E-state index in [4.69, 9.17) is 11.6 Å². The van der Waals surface area contributed by atoms with Gasteiger partial charge >= 0.3 is 6.18 Å². The van der Waals surface area contributed by atoms with Crippen LogP contribution in [0.4, 0.5) is 13.2 Å². The van der Waals surface area contributed by atoms with Crippen molar-refractivity contribution in [3.05, 3.63) is 45.1 Å². The summed E-state index contributed by atoms with van der Waals surface area (Å²) in [6.07, 6.45) is -1.73. The van der Waals surface area contributed by atoms with E-state index in [-0.39, 0.29) is 0 Å². The number of halogens is 4. The van der Waals surface area contributed by atoms with Gasteiger partial charge in [0.15, 0.2) is 5.01 Å². The van der Waals surface area contributed by atoms with Crippen LogP contribution in [0.5, 0.6) is 0 Å². The average molecular weight is 322 g/mol. The van der Waals surface area contributed by atoms with E-state index in [1.165, 1.54) is 12.4 Å². The number of hydrogen-bond acceptors (Lipinski definition) is 4. The maximum Gasteiger partial charge on any atom is 0.443 e. The van der Waals surface area contributed by atoms with Crippen molar-refractivity contribution < 1.29 is 13.2 Å². The van der Waals surface area contributed by atoms with Crippen LogP contribution in [0.25, 0.3) is 0 Å². The third-order valence-electron chi connectivity index (χ3n) is 2.50. The van der Waals surface area contributed by atoms with Crippen LogP contribution >= 0.6 is 22.9 Å². The van der Waals surface area contributed by atoms with Gasteiger partial charge in [0.05, 0.1) is 16.8 Å². The largest absolute Gasteiger partial charge is 0.443 e. The highest BCUT2D eigenvalue weighted by atomic mass is 35.5. The van der Waals surface area contributed by atoms with E-state index in [9.17, 15) is 13.2 Å². The summed E-state index contributed by atoms with van der Waals surface area (Å²) in [7, 11) is 0. The van der Waals surface area contributed by atoms with E-state index in [0.29, 0.717) is 33.5 Å². The fourth-order valence-corrected chi connectivity index (χ4v) is 2.65. The van der Waals surface area contributed by atoms with Gasteiger partial charge in [0.1, 0.15) is 0 Å². The first-order valence-corrected chi connectivity index (χ1v) is 6.99. The van der Waals surface area contributed by atoms with Crippen molar-refractivity contribution in [3.8, 4) is 0 Å². The van der Waals surface area contributed by atoms with Crippen molar-refractivity contribution in [1.82, 2.24) is 15.3 Å². The molecule has 0 radical (unpaired) electrons. The lowest BCUT2D eigenvalue weighted by Gasteiger charge is -2.15. The molecule has 0 aliphatic carbocycles. The molecule has 1 N–H and O–H groups in total. The molecule has 0 aliphatic heterocycles. The number of aromatic nitrogens is 2. The zero-order valence-electron chi connectivity index (χ0n) is 10.4. The van der Waals surface area contributed by atoms with Crippen LogP contribution in [0.15, 0.2) is 24.5 Å². The quantitative estimate of drug-likeness (QED) is 0.927. The summed E-state index contributed by atoms with van der Waals surface area (Å²) in [6, 6.07) is 2.91. The Labute approximate surface area is 122 Å². The standard InChI is InChI=1S/C12H11ClF3N3S/c1-2-17-10(8-4-3-7(13)5-18-8)9-6-19-11(20-9)12(14,15)16/h3-6,10,17H,2H2,1H3. The lowest BCUT2D eigenvalue weighted by atomic mass is 10.1. The van der Waals surface area contributed by atoms with Crippen LogP contribution in [0.3, 0.4) is 0 Å². The number of rotatable bonds is 4. The Kier molecular flexibility index (Phi) is 4.62. The van der Waals surface area contributed by atoms with E-state index < -0.39 is 17.2 Å². The second-order valence-electron chi connectivity index (χ2n) is 3.96. The Balaban J connectivity index is 2.33. The molecule has 0 aliphatic rings. The molecule has 0 saturated carbocycles. The first-order chi connectivity index (χ1) is 9.41. The molecule has 1 unspecified atom stereocenters. The molecule has 0 spiro atoms. The minimum absolute atomic E-state index is 0.425. The Morgan fingerprint density at radius 3 is 2.55 bits per heavy atom. The number of thiazole rings is 1. The maximum absolute atomic E-state index is 12.6. The number of hydrogen-bond donors (Lipinski definition) is 1. The zero-order valence-corrected chi connectivity index (χ0v) is 12.0. The highest BCUT2D eigenvalue weighted by Crippen LogP contribution is 2.35. The SMILES string of the molecule is CCNC(c1ccc(Cl)cn1)c1cnc(C(F)(F)F)s1. The van der Waals surface area contributed by atoms with Gasteiger partial charge in [-0.3, -0.25) is 4.98 Å². The molecule has 2 rings (SSSR count). The third-order valence-corrected chi connectivity index (χ3v) is 3.84. The van der Waals surface area contributed by atoms with Crippen molar-refractivity contribution in [2.75, 3.05) is 6.54 Å². The summed E-state index contributed by atoms with van der Waals surface area (Å²) >= 11 is 6.38. The van der Waals surface area contributed by atoms with Gasteiger partial charge in [-0.15, -0.1) is 11.3 Å². The second-order valence-corrected chi connectivity index (χ2v) is 5.46. The summed E-state index contributed by atoms with van der Waals surface area (Å²) in [5.41, 5.74) is 0.605. The van der Waals surface area contributed by atoms with Crippen LogP contribution in [0.2, 0.25) is 5.02 Å². The van der Waals surface area contributed by atoms with Crippen molar-refractivity contribution in [2.24, 2.45) is 0 Å². The lowest BCUT2D eigenvalue weighted by molar-refractivity contribution is -0.137. The van der Waals surface area contributed by atoms with Gasteiger partial charge < -0.3 is 5.32 Å². The summed E-state index contributed by atoms with van der Waals surface area (Å²) in [4.78, 5) is 8.05. The van der Waals surface area contributed by atoms with Gasteiger partial charge in [0, 0.05) is 17.3 Å². The Morgan fingerprint density at radius 2 is 2.05 bits per heavy atom. The summed E-state index contributed by atoms with van der Waals surface area (Å²) in [5.74, 6) is 0. The van der Waals surface area contributed by atoms with E-state index in [1.54, 1.807) is 12.1 Å². The molecular weight excluding hydrogens is 311 g/mol. The fourth-order valence-electron chi connectivity index (χ4n) is 1.66. The summed E-state index contributed by atoms with van der Waals surface area (Å²) in [6.45, 7) is 2.46. The van der Waals surface area contributed by atoms with Gasteiger partial charge in [-0.05, 0) is 18.7 Å². The molecule has 2 aromatic rings. The summed E-state index contributed by atoms with van der Waals surface area (Å²) in [5, 5.41) is 2.72. The zero-order chi connectivity index (χ0) is 14.8. The van der Waals surface area contributed by atoms with E-state index >= 15 is 0 Å². The topological polar surface area (TPSA) is 37.8 Å². The Morgan fingerprint density at radius 1 is 1.30 bits per heavy atom. The normalized spacial score (nSPS) is 13.4. The van der Waals surface area contributed by atoms with Gasteiger partial charge in [-0.1, -0.05) is 18.5 Å². The van der Waals surface area contributed by atoms with Gasteiger partial charge in [-0.25, -0.2) is 4.98 Å². The van der Waals surface area contributed by atoms with Gasteiger partial charge in [0.25, 0.3) is 0 Å². The third kappa shape index (κ3) is 3.47. The molecule has 1 atom stereocenters. The number of nitrogens with one attached hydrogen (secondary N) is 1. The average Bonchev–Trinajstić information content (AvgIpc) is 2.86. The Hall–Kier alpha value is -1.18. The van der Waals surface area contributed by atoms with Gasteiger partial charge in [0.2, 0.25) is 0 Å². The number of pyridine rings is 1. The minimum Gasteiger partial charge on any atom is -0.305 e. The highest BCUT2D eigenvalue weighted by Gasteiger charge is 2.35. The lowest BCUT2D eigenvalue weighted by Crippen LogP contribution is -2.22. The highest BCUT2D eigenvalue weighted by molar-refractivity contribution is 7.11. The van der Waals surface area contributed by atoms with Crippen molar-refractivity contribution in [2.45, 2.75) is 19.1 Å². The minimum atomic E-state index is -4.42. The molecule has 0 bridgehead atoms. The van der Waals surface area contributed by atoms with E-state index in [0.717, 1.165) is 0 Å². The maximum atomic E-state index is 12.6. The predicted octanol–water partition coefficient (Wildman–Crippen LogP) is 3.91. The monoisotopic (exact) mass is 321 g/mol. The molecule has 8 heteroatoms. The predicted molar refractivity (Wildman–Crippen MR) is 71.9 cm³/mol. The van der Waals surface area contributed by atoms with Crippen LogP contribution in [0.1, 0.15) is 28.5 Å². The Bertz CT molecular complexity index is 568. The molecule has 108 valence electrons. The van der Waals surface area contributed by atoms with E-state index in [1.807, 2.05) is 6.92 Å². The van der Waals surface area contributed by atoms with Crippen molar-refractivity contribution >= 4 is 22.9 Å². The van der Waals surface area contributed by atoms with Crippen molar-refractivity contribution in [1.29, 1.82) is 0 Å². The molecule has 0 fully saturated rings. The van der Waals surface area contributed by atoms with E-state index in [2.05, 4.69) is 15.3 Å². The van der Waals surface area contributed by atoms with Crippen LogP contribution in [0, 0.1) is 0 Å². The second kappa shape index (κ2) is 6.07. The smallest absolute Gasteiger partial charge is 0.305 e. The molecular formula is C12H11ClF3N3S. The fraction of sp³-hybridized carbons (Fsp3) is 0.333. The molecule has 2 heterocycles. The van der Waals surface area contributed by atoms with Crippen LogP contribution < -0.4 is 5.32 Å². The van der Waals surface area contributed by atoms with Crippen LogP contribution in [-0.4, -0.2) is 16.5 Å². The van der Waals surface area contributed by atoms with Crippen LogP contribution in [-0.2, 0) is 6.18 Å². The van der Waals surface area contributed by atoms with Crippen molar-refractivity contribution in [3.63, 3.8) is 0 Å². The molecule has 3 nitrogen and oxygen atoms in total. The van der Waals surface area contributed by atoms with Gasteiger partial charge in [-0.2, -0.15) is 13.2 Å². The number of nitrogens with zero attached hydrogens (tertiary/aromatic N) is 2. The molecule has 20 heavy (non-hydrogen) atoms. The summed E-state index contributed by atoms with van der Waals surface area (Å²) < 4.78 is 37.8. The molecule has 0 aromatic carbocycles. The molecule has 0 saturated heterocycles. The molecule has 0 amide bonds.